The second-order valence-corrected chi connectivity index (χ2v) is 8.03. The van der Waals surface area contributed by atoms with Crippen molar-refractivity contribution >= 4 is 39.1 Å². The molecule has 0 saturated carbocycles. The molecule has 0 aliphatic heterocycles. The van der Waals surface area contributed by atoms with Crippen molar-refractivity contribution in [2.45, 2.75) is 24.3 Å². The molecule has 1 unspecified atom stereocenters. The molecule has 0 fully saturated rings. The van der Waals surface area contributed by atoms with Gasteiger partial charge in [0, 0.05) is 23.0 Å². The lowest BCUT2D eigenvalue weighted by Crippen LogP contribution is -2.32. The Morgan fingerprint density at radius 1 is 1.12 bits per heavy atom. The first-order chi connectivity index (χ1) is 11.8. The number of hydrogen-bond acceptors (Lipinski definition) is 3. The van der Waals surface area contributed by atoms with Crippen LogP contribution in [0.1, 0.15) is 24.9 Å². The van der Waals surface area contributed by atoms with E-state index in [1.807, 2.05) is 0 Å². The number of sulfonamides is 1. The summed E-state index contributed by atoms with van der Waals surface area (Å²) in [6.45, 7) is 1.80. The van der Waals surface area contributed by atoms with Crippen molar-refractivity contribution in [1.29, 1.82) is 0 Å². The van der Waals surface area contributed by atoms with Gasteiger partial charge in [0.25, 0.3) is 0 Å². The predicted molar refractivity (Wildman–Crippen MR) is 99.3 cm³/mol. The first-order valence-electron chi connectivity index (χ1n) is 7.58. The summed E-state index contributed by atoms with van der Waals surface area (Å²) in [7, 11) is -3.61. The second-order valence-electron chi connectivity index (χ2n) is 5.42. The van der Waals surface area contributed by atoms with Crippen LogP contribution < -0.4 is 10.0 Å². The summed E-state index contributed by atoms with van der Waals surface area (Å²) in [6.07, 6.45) is 0.0155. The molecule has 0 spiro atoms. The topological polar surface area (TPSA) is 75.3 Å². The molecule has 0 radical (unpaired) electrons. The van der Waals surface area contributed by atoms with Crippen LogP contribution >= 0.6 is 23.2 Å². The van der Waals surface area contributed by atoms with E-state index in [9.17, 15) is 13.2 Å². The third kappa shape index (κ3) is 5.71. The van der Waals surface area contributed by atoms with Crippen molar-refractivity contribution in [3.8, 4) is 0 Å². The summed E-state index contributed by atoms with van der Waals surface area (Å²) in [5, 5.41) is 3.76. The van der Waals surface area contributed by atoms with Gasteiger partial charge in [-0.15, -0.1) is 0 Å². The maximum Gasteiger partial charge on any atom is 0.240 e. The lowest BCUT2D eigenvalue weighted by Gasteiger charge is -2.16. The number of hydrogen-bond donors (Lipinski definition) is 2. The maximum absolute atomic E-state index is 12.1. The van der Waals surface area contributed by atoms with E-state index in [0.717, 1.165) is 5.56 Å². The highest BCUT2D eigenvalue weighted by atomic mass is 35.5. The standard InChI is InChI=1S/C17H18Cl2N2O3S/c1-12(15-8-7-13(18)11-16(15)19)21-17(22)9-10-20-25(23,24)14-5-3-2-4-6-14/h2-8,11-12,20H,9-10H2,1H3,(H,21,22). The fraction of sp³-hybridized carbons (Fsp3) is 0.235. The number of nitrogens with one attached hydrogen (secondary N) is 2. The zero-order valence-electron chi connectivity index (χ0n) is 13.5. The van der Waals surface area contributed by atoms with Crippen LogP contribution in [-0.2, 0) is 14.8 Å². The van der Waals surface area contributed by atoms with E-state index in [4.69, 9.17) is 23.2 Å². The Balaban J connectivity index is 1.86. The van der Waals surface area contributed by atoms with Gasteiger partial charge in [0.05, 0.1) is 10.9 Å². The van der Waals surface area contributed by atoms with Crippen molar-refractivity contribution in [3.63, 3.8) is 0 Å². The summed E-state index contributed by atoms with van der Waals surface area (Å²) < 4.78 is 26.5. The van der Waals surface area contributed by atoms with E-state index in [-0.39, 0.29) is 29.8 Å². The number of amides is 1. The molecule has 0 bridgehead atoms. The molecule has 5 nitrogen and oxygen atoms in total. The molecule has 25 heavy (non-hydrogen) atoms. The monoisotopic (exact) mass is 400 g/mol. The third-order valence-electron chi connectivity index (χ3n) is 3.50. The molecule has 2 rings (SSSR count). The Bertz CT molecular complexity index is 842. The molecule has 0 aromatic heterocycles. The molecule has 0 heterocycles. The van der Waals surface area contributed by atoms with Crippen LogP contribution in [0.2, 0.25) is 10.0 Å². The molecule has 0 saturated heterocycles. The predicted octanol–water partition coefficient (Wildman–Crippen LogP) is 3.54. The summed E-state index contributed by atoms with van der Waals surface area (Å²) in [4.78, 5) is 12.2. The maximum atomic E-state index is 12.1. The van der Waals surface area contributed by atoms with Crippen LogP contribution in [0, 0.1) is 0 Å². The molecular formula is C17H18Cl2N2O3S. The number of halogens is 2. The fourth-order valence-electron chi connectivity index (χ4n) is 2.23. The quantitative estimate of drug-likeness (QED) is 0.745. The van der Waals surface area contributed by atoms with E-state index < -0.39 is 10.0 Å². The minimum absolute atomic E-state index is 0.00410. The molecule has 2 aromatic carbocycles. The molecule has 0 aliphatic carbocycles. The van der Waals surface area contributed by atoms with Gasteiger partial charge in [-0.25, -0.2) is 13.1 Å². The Hall–Kier alpha value is -1.60. The van der Waals surface area contributed by atoms with Crippen molar-refractivity contribution in [1.82, 2.24) is 10.0 Å². The molecule has 1 amide bonds. The largest absolute Gasteiger partial charge is 0.349 e. The van der Waals surface area contributed by atoms with E-state index in [0.29, 0.717) is 10.0 Å². The second kappa shape index (κ2) is 8.67. The lowest BCUT2D eigenvalue weighted by atomic mass is 10.1. The average Bonchev–Trinajstić information content (AvgIpc) is 2.55. The van der Waals surface area contributed by atoms with Crippen LogP contribution in [0.5, 0.6) is 0 Å². The molecular weight excluding hydrogens is 383 g/mol. The van der Waals surface area contributed by atoms with E-state index in [1.54, 1.807) is 43.3 Å². The van der Waals surface area contributed by atoms with Gasteiger partial charge in [0.1, 0.15) is 0 Å². The molecule has 8 heteroatoms. The fourth-order valence-corrected chi connectivity index (χ4v) is 3.85. The minimum Gasteiger partial charge on any atom is -0.349 e. The summed E-state index contributed by atoms with van der Waals surface area (Å²) >= 11 is 12.0. The molecule has 0 aliphatic rings. The van der Waals surface area contributed by atoms with Gasteiger partial charge in [0.2, 0.25) is 15.9 Å². The van der Waals surface area contributed by atoms with Gasteiger partial charge < -0.3 is 5.32 Å². The zero-order chi connectivity index (χ0) is 18.4. The highest BCUT2D eigenvalue weighted by Crippen LogP contribution is 2.26. The van der Waals surface area contributed by atoms with Gasteiger partial charge in [-0.3, -0.25) is 4.79 Å². The Labute approximate surface area is 157 Å². The van der Waals surface area contributed by atoms with Crippen LogP contribution in [0.25, 0.3) is 0 Å². The zero-order valence-corrected chi connectivity index (χ0v) is 15.8. The van der Waals surface area contributed by atoms with Gasteiger partial charge in [-0.1, -0.05) is 47.5 Å². The van der Waals surface area contributed by atoms with Gasteiger partial charge in [-0.05, 0) is 36.8 Å². The number of carbonyl (C=O) groups is 1. The summed E-state index contributed by atoms with van der Waals surface area (Å²) in [5.41, 5.74) is 0.740. The summed E-state index contributed by atoms with van der Waals surface area (Å²) in [5.74, 6) is -0.283. The van der Waals surface area contributed by atoms with Crippen LogP contribution in [0.15, 0.2) is 53.4 Å². The Kier molecular flexibility index (Phi) is 6.84. The third-order valence-corrected chi connectivity index (χ3v) is 5.54. The average molecular weight is 401 g/mol. The number of benzene rings is 2. The molecule has 134 valence electrons. The Morgan fingerprint density at radius 3 is 2.44 bits per heavy atom. The van der Waals surface area contributed by atoms with E-state index in [1.165, 1.54) is 12.1 Å². The highest BCUT2D eigenvalue weighted by Gasteiger charge is 2.15. The smallest absolute Gasteiger partial charge is 0.240 e. The lowest BCUT2D eigenvalue weighted by molar-refractivity contribution is -0.121. The molecule has 1 atom stereocenters. The van der Waals surface area contributed by atoms with Crippen molar-refractivity contribution < 1.29 is 13.2 Å². The molecule has 2 aromatic rings. The molecule has 2 N–H and O–H groups in total. The normalized spacial score (nSPS) is 12.6. The first kappa shape index (κ1) is 19.7. The van der Waals surface area contributed by atoms with Crippen molar-refractivity contribution in [2.75, 3.05) is 6.54 Å². The van der Waals surface area contributed by atoms with E-state index >= 15 is 0 Å². The highest BCUT2D eigenvalue weighted by molar-refractivity contribution is 7.89. The van der Waals surface area contributed by atoms with Gasteiger partial charge >= 0.3 is 0 Å². The number of rotatable bonds is 7. The summed E-state index contributed by atoms with van der Waals surface area (Å²) in [6, 6.07) is 12.7. The van der Waals surface area contributed by atoms with Crippen molar-refractivity contribution in [2.24, 2.45) is 0 Å². The van der Waals surface area contributed by atoms with E-state index in [2.05, 4.69) is 10.0 Å². The van der Waals surface area contributed by atoms with Crippen molar-refractivity contribution in [3.05, 3.63) is 64.1 Å². The number of carbonyl (C=O) groups excluding carboxylic acids is 1. The van der Waals surface area contributed by atoms with Crippen LogP contribution in [0.3, 0.4) is 0 Å². The van der Waals surface area contributed by atoms with Gasteiger partial charge in [-0.2, -0.15) is 0 Å². The Morgan fingerprint density at radius 2 is 1.80 bits per heavy atom. The minimum atomic E-state index is -3.61. The SMILES string of the molecule is CC(NC(=O)CCNS(=O)(=O)c1ccccc1)c1ccc(Cl)cc1Cl. The van der Waals surface area contributed by atoms with Crippen LogP contribution in [0.4, 0.5) is 0 Å². The first-order valence-corrected chi connectivity index (χ1v) is 9.82. The van der Waals surface area contributed by atoms with Crippen LogP contribution in [-0.4, -0.2) is 20.9 Å². The van der Waals surface area contributed by atoms with Gasteiger partial charge in [0.15, 0.2) is 0 Å².